The Morgan fingerprint density at radius 3 is 0.969 bits per heavy atom. The smallest absolute Gasteiger partial charge is 0.226 e. The quantitative estimate of drug-likeness (QED) is 0.119. The summed E-state index contributed by atoms with van der Waals surface area (Å²) in [5.41, 5.74) is 8.67. The van der Waals surface area contributed by atoms with Gasteiger partial charge in [-0.15, -0.1) is 0 Å². The third-order valence-corrected chi connectivity index (χ3v) is 17.7. The summed E-state index contributed by atoms with van der Waals surface area (Å²) in [6.07, 6.45) is 0. The molecule has 0 aliphatic rings. The molecule has 0 fully saturated rings. The highest BCUT2D eigenvalue weighted by atomic mass is 28.3. The van der Waals surface area contributed by atoms with Gasteiger partial charge >= 0.3 is 0 Å². The lowest BCUT2D eigenvalue weighted by Gasteiger charge is -2.32. The van der Waals surface area contributed by atoms with Crippen LogP contribution in [0.1, 0.15) is 0 Å². The summed E-state index contributed by atoms with van der Waals surface area (Å²) in [4.78, 5) is 11.7. The molecule has 0 aliphatic carbocycles. The Morgan fingerprint density at radius 1 is 0.266 bits per heavy atom. The predicted octanol–water partition coefficient (Wildman–Crippen LogP) is 11.1. The molecule has 64 heavy (non-hydrogen) atoms. The Bertz CT molecular complexity index is 3700. The zero-order valence-corrected chi connectivity index (χ0v) is 35.8. The van der Waals surface area contributed by atoms with Crippen molar-refractivity contribution in [3.8, 4) is 17.3 Å². The third-order valence-electron chi connectivity index (χ3n) is 13.2. The molecule has 0 atom stereocenters. The highest BCUT2D eigenvalue weighted by Crippen LogP contribution is 2.38. The maximum absolute atomic E-state index is 5.90. The van der Waals surface area contributed by atoms with Crippen LogP contribution in [0.15, 0.2) is 237 Å². The summed E-state index contributed by atoms with van der Waals surface area (Å²) in [5, 5.41) is 10.8. The molecule has 0 amide bonds. The summed E-state index contributed by atoms with van der Waals surface area (Å²) < 4.78 is 7.11. The van der Waals surface area contributed by atoms with E-state index in [0.717, 1.165) is 55.6 Å². The normalized spacial score (nSPS) is 12.1. The molecule has 5 nitrogen and oxygen atoms in total. The molecule has 0 N–H and O–H groups in total. The van der Waals surface area contributed by atoms with E-state index in [1.54, 1.807) is 0 Å². The van der Waals surface area contributed by atoms with Gasteiger partial charge in [-0.1, -0.05) is 182 Å². The van der Waals surface area contributed by atoms with E-state index < -0.39 is 8.07 Å². The number of hydrogen-bond acceptors (Lipinski definition) is 2. The first-order chi connectivity index (χ1) is 31.8. The van der Waals surface area contributed by atoms with E-state index in [2.05, 4.69) is 250 Å². The van der Waals surface area contributed by atoms with Crippen LogP contribution in [0.2, 0.25) is 0 Å². The van der Waals surface area contributed by atoms with Crippen molar-refractivity contribution in [3.63, 3.8) is 0 Å². The monoisotopic (exact) mass is 833 g/mol. The zero-order valence-electron chi connectivity index (χ0n) is 34.8. The first-order valence-electron chi connectivity index (χ1n) is 21.8. The Labute approximate surface area is 370 Å². The second kappa shape index (κ2) is 14.4. The maximum Gasteiger partial charge on any atom is 0.226 e. The van der Waals surface area contributed by atoms with Crippen molar-refractivity contribution in [3.05, 3.63) is 237 Å². The second-order valence-electron chi connectivity index (χ2n) is 16.5. The topological polar surface area (TPSA) is 40.6 Å². The molecule has 4 heterocycles. The van der Waals surface area contributed by atoms with E-state index in [0.29, 0.717) is 0 Å². The number of hydrogen-bond donors (Lipinski definition) is 0. The molecular weight excluding hydrogens is 795 g/mol. The second-order valence-corrected chi connectivity index (χ2v) is 20.2. The fourth-order valence-electron chi connectivity index (χ4n) is 10.5. The van der Waals surface area contributed by atoms with Gasteiger partial charge in [0.2, 0.25) is 8.07 Å². The van der Waals surface area contributed by atoms with Gasteiger partial charge in [-0.2, -0.15) is 0 Å². The minimum atomic E-state index is -3.21. The molecule has 0 aliphatic heterocycles. The van der Waals surface area contributed by atoms with E-state index in [9.17, 15) is 0 Å². The molecule has 13 rings (SSSR count). The highest BCUT2D eigenvalue weighted by Gasteiger charge is 2.45. The third kappa shape index (κ3) is 5.30. The van der Waals surface area contributed by atoms with Gasteiger partial charge in [-0.05, 0) is 64.1 Å². The molecule has 0 radical (unpaired) electrons. The lowest BCUT2D eigenvalue weighted by molar-refractivity contribution is 1.01. The van der Waals surface area contributed by atoms with E-state index >= 15 is 0 Å². The van der Waals surface area contributed by atoms with E-state index in [1.165, 1.54) is 48.1 Å². The van der Waals surface area contributed by atoms with Crippen LogP contribution < -0.4 is 21.0 Å². The van der Waals surface area contributed by atoms with E-state index in [-0.39, 0.29) is 0 Å². The number of para-hydroxylation sites is 5. The Kier molecular flexibility index (Phi) is 8.16. The number of nitrogens with zero attached hydrogens (tertiary/aromatic N) is 5. The van der Waals surface area contributed by atoms with Crippen molar-refractivity contribution in [1.29, 1.82) is 0 Å². The molecule has 300 valence electrons. The summed E-state index contributed by atoms with van der Waals surface area (Å²) in [6, 6.07) is 85.6. The van der Waals surface area contributed by atoms with Crippen LogP contribution in [-0.4, -0.2) is 31.7 Å². The highest BCUT2D eigenvalue weighted by molar-refractivity contribution is 7.19. The van der Waals surface area contributed by atoms with Gasteiger partial charge in [0.25, 0.3) is 0 Å². The standard InChI is InChI=1S/C58H39N5Si/c1-4-20-41(21-5-1)64(42-22-6-2-7-23-42,43-24-8-3-9-25-43)58-59-56(62-52-33-17-12-28-46(52)47-29-13-18-34-53(47)62)39-57(60-58)63-54-35-19-14-30-48(54)49-38-40(36-37-55(49)63)61-50-31-15-10-26-44(50)45-27-11-16-32-51(45)61/h1-39H. The lowest BCUT2D eigenvalue weighted by atomic mass is 10.1. The van der Waals surface area contributed by atoms with Gasteiger partial charge in [-0.3, -0.25) is 9.13 Å². The predicted molar refractivity (Wildman–Crippen MR) is 269 cm³/mol. The van der Waals surface area contributed by atoms with Crippen molar-refractivity contribution < 1.29 is 0 Å². The Morgan fingerprint density at radius 2 is 0.578 bits per heavy atom. The molecule has 9 aromatic carbocycles. The minimum absolute atomic E-state index is 0.817. The van der Waals surface area contributed by atoms with Gasteiger partial charge in [0.15, 0.2) is 0 Å². The molecule has 0 saturated heterocycles. The summed E-state index contributed by atoms with van der Waals surface area (Å²) in [7, 11) is -3.21. The SMILES string of the molecule is c1ccc([Si](c2ccccc2)(c2ccccc2)c2nc(-n3c4ccccc4c4ccccc43)cc(-n3c4ccccc4c4cc(-n5c6ccccc6c6ccccc65)ccc43)n2)cc1. The van der Waals surface area contributed by atoms with Crippen LogP contribution in [0.25, 0.3) is 82.7 Å². The summed E-state index contributed by atoms with van der Waals surface area (Å²) >= 11 is 0. The molecule has 0 bridgehead atoms. The molecule has 0 spiro atoms. The van der Waals surface area contributed by atoms with Crippen LogP contribution >= 0.6 is 0 Å². The zero-order chi connectivity index (χ0) is 42.2. The fourth-order valence-corrected chi connectivity index (χ4v) is 14.9. The molecule has 0 unspecified atom stereocenters. The largest absolute Gasteiger partial charge is 0.309 e. The average molecular weight is 834 g/mol. The summed E-state index contributed by atoms with van der Waals surface area (Å²) in [5.74, 6) is 1.64. The van der Waals surface area contributed by atoms with Crippen LogP contribution in [0.4, 0.5) is 0 Å². The number of benzene rings is 9. The van der Waals surface area contributed by atoms with Gasteiger partial charge in [0, 0.05) is 44.1 Å². The molecule has 4 aromatic heterocycles. The Hall–Kier alpha value is -8.32. The molecule has 6 heteroatoms. The average Bonchev–Trinajstić information content (AvgIpc) is 4.01. The van der Waals surface area contributed by atoms with Crippen molar-refractivity contribution in [2.75, 3.05) is 0 Å². The molecule has 0 saturated carbocycles. The van der Waals surface area contributed by atoms with Crippen LogP contribution in [0, 0.1) is 0 Å². The fraction of sp³-hybridized carbons (Fsp3) is 0. The number of rotatable bonds is 7. The Balaban J connectivity index is 1.16. The lowest BCUT2D eigenvalue weighted by Crippen LogP contribution is -2.76. The minimum Gasteiger partial charge on any atom is -0.309 e. The maximum atomic E-state index is 5.90. The van der Waals surface area contributed by atoms with Crippen molar-refractivity contribution >= 4 is 94.5 Å². The van der Waals surface area contributed by atoms with Gasteiger partial charge < -0.3 is 4.57 Å². The van der Waals surface area contributed by atoms with Gasteiger partial charge in [0.05, 0.1) is 33.1 Å². The molecule has 13 aromatic rings. The first kappa shape index (κ1) is 36.3. The van der Waals surface area contributed by atoms with E-state index in [1.807, 2.05) is 0 Å². The van der Waals surface area contributed by atoms with Crippen LogP contribution in [0.3, 0.4) is 0 Å². The van der Waals surface area contributed by atoms with Crippen LogP contribution in [-0.2, 0) is 0 Å². The van der Waals surface area contributed by atoms with E-state index in [4.69, 9.17) is 9.97 Å². The molecular formula is C58H39N5Si. The van der Waals surface area contributed by atoms with Crippen molar-refractivity contribution in [2.24, 2.45) is 0 Å². The van der Waals surface area contributed by atoms with Crippen molar-refractivity contribution in [1.82, 2.24) is 23.7 Å². The number of aromatic nitrogens is 5. The summed E-state index contributed by atoms with van der Waals surface area (Å²) in [6.45, 7) is 0. The van der Waals surface area contributed by atoms with Crippen LogP contribution in [0.5, 0.6) is 0 Å². The first-order valence-corrected chi connectivity index (χ1v) is 23.8. The van der Waals surface area contributed by atoms with Gasteiger partial charge in [0.1, 0.15) is 17.1 Å². The number of fused-ring (bicyclic) bond motifs is 9. The van der Waals surface area contributed by atoms with Crippen molar-refractivity contribution in [2.45, 2.75) is 0 Å². The van der Waals surface area contributed by atoms with Gasteiger partial charge in [-0.25, -0.2) is 9.97 Å².